The lowest BCUT2D eigenvalue weighted by atomic mass is 10.3. The van der Waals surface area contributed by atoms with E-state index in [1.54, 1.807) is 0 Å². The zero-order chi connectivity index (χ0) is 7.23. The average Bonchev–Trinajstić information content (AvgIpc) is 2.17. The SMILES string of the molecule is CCCN1CCCCNC1. The first kappa shape index (κ1) is 8.02. The maximum absolute atomic E-state index is 3.41. The van der Waals surface area contributed by atoms with Gasteiger partial charge in [0, 0.05) is 6.67 Å². The van der Waals surface area contributed by atoms with Crippen molar-refractivity contribution in [1.29, 1.82) is 0 Å². The molecule has 0 aliphatic carbocycles. The van der Waals surface area contributed by atoms with Crippen molar-refractivity contribution in [3.8, 4) is 0 Å². The van der Waals surface area contributed by atoms with Gasteiger partial charge in [0.1, 0.15) is 0 Å². The van der Waals surface area contributed by atoms with Gasteiger partial charge >= 0.3 is 0 Å². The fraction of sp³-hybridized carbons (Fsp3) is 1.00. The highest BCUT2D eigenvalue weighted by Gasteiger charge is 2.05. The van der Waals surface area contributed by atoms with Crippen LogP contribution in [0, 0.1) is 0 Å². The van der Waals surface area contributed by atoms with E-state index in [4.69, 9.17) is 0 Å². The number of nitrogens with one attached hydrogen (secondary N) is 1. The summed E-state index contributed by atoms with van der Waals surface area (Å²) >= 11 is 0. The molecule has 0 spiro atoms. The number of nitrogens with zero attached hydrogens (tertiary/aromatic N) is 1. The van der Waals surface area contributed by atoms with Crippen molar-refractivity contribution in [3.05, 3.63) is 0 Å². The van der Waals surface area contributed by atoms with Gasteiger partial charge in [-0.05, 0) is 38.9 Å². The van der Waals surface area contributed by atoms with Crippen LogP contribution in [0.1, 0.15) is 26.2 Å². The summed E-state index contributed by atoms with van der Waals surface area (Å²) < 4.78 is 0. The molecule has 2 nitrogen and oxygen atoms in total. The van der Waals surface area contributed by atoms with Gasteiger partial charge in [-0.15, -0.1) is 0 Å². The van der Waals surface area contributed by atoms with E-state index in [1.807, 2.05) is 0 Å². The maximum Gasteiger partial charge on any atom is 0.0480 e. The van der Waals surface area contributed by atoms with Gasteiger partial charge in [-0.25, -0.2) is 0 Å². The van der Waals surface area contributed by atoms with Crippen molar-refractivity contribution in [2.24, 2.45) is 0 Å². The molecule has 1 aliphatic heterocycles. The van der Waals surface area contributed by atoms with Gasteiger partial charge in [0.15, 0.2) is 0 Å². The van der Waals surface area contributed by atoms with Crippen molar-refractivity contribution >= 4 is 0 Å². The molecule has 0 aromatic carbocycles. The predicted octanol–water partition coefficient (Wildman–Crippen LogP) is 1.04. The molecule has 1 rings (SSSR count). The number of hydrogen-bond donors (Lipinski definition) is 1. The second-order valence-electron chi connectivity index (χ2n) is 2.98. The third-order valence-corrected chi connectivity index (χ3v) is 1.95. The molecule has 0 unspecified atom stereocenters. The lowest BCUT2D eigenvalue weighted by molar-refractivity contribution is 0.272. The van der Waals surface area contributed by atoms with E-state index in [2.05, 4.69) is 17.1 Å². The standard InChI is InChI=1S/C8H18N2/c1-2-6-10-7-4-3-5-9-8-10/h9H,2-8H2,1H3. The zero-order valence-corrected chi connectivity index (χ0v) is 6.90. The van der Waals surface area contributed by atoms with E-state index in [0.717, 1.165) is 6.67 Å². The molecular formula is C8H18N2. The van der Waals surface area contributed by atoms with Crippen molar-refractivity contribution in [3.63, 3.8) is 0 Å². The fourth-order valence-corrected chi connectivity index (χ4v) is 1.41. The Balaban J connectivity index is 2.15. The van der Waals surface area contributed by atoms with E-state index in [0.29, 0.717) is 0 Å². The topological polar surface area (TPSA) is 15.3 Å². The highest BCUT2D eigenvalue weighted by molar-refractivity contribution is 4.61. The first-order valence-electron chi connectivity index (χ1n) is 4.36. The summed E-state index contributed by atoms with van der Waals surface area (Å²) in [5.41, 5.74) is 0. The molecule has 1 aliphatic rings. The van der Waals surface area contributed by atoms with Crippen LogP contribution in [0.2, 0.25) is 0 Å². The van der Waals surface area contributed by atoms with Crippen LogP contribution in [0.3, 0.4) is 0 Å². The molecule has 10 heavy (non-hydrogen) atoms. The monoisotopic (exact) mass is 142 g/mol. The van der Waals surface area contributed by atoms with Gasteiger partial charge in [0.25, 0.3) is 0 Å². The molecule has 0 aromatic rings. The average molecular weight is 142 g/mol. The smallest absolute Gasteiger partial charge is 0.0480 e. The fourth-order valence-electron chi connectivity index (χ4n) is 1.41. The lowest BCUT2D eigenvalue weighted by Crippen LogP contribution is -2.32. The van der Waals surface area contributed by atoms with E-state index < -0.39 is 0 Å². The summed E-state index contributed by atoms with van der Waals surface area (Å²) in [4.78, 5) is 2.49. The molecule has 0 radical (unpaired) electrons. The summed E-state index contributed by atoms with van der Waals surface area (Å²) in [7, 11) is 0. The Bertz CT molecular complexity index is 75.3. The van der Waals surface area contributed by atoms with Gasteiger partial charge in [0.2, 0.25) is 0 Å². The second kappa shape index (κ2) is 4.69. The summed E-state index contributed by atoms with van der Waals surface area (Å²) in [5, 5.41) is 3.41. The minimum atomic E-state index is 1.10. The van der Waals surface area contributed by atoms with Crippen LogP contribution in [0.25, 0.3) is 0 Å². The molecular weight excluding hydrogens is 124 g/mol. The summed E-state index contributed by atoms with van der Waals surface area (Å²) in [5.74, 6) is 0. The normalized spacial score (nSPS) is 22.5. The molecule has 60 valence electrons. The third-order valence-electron chi connectivity index (χ3n) is 1.95. The van der Waals surface area contributed by atoms with Gasteiger partial charge in [-0.3, -0.25) is 4.90 Å². The molecule has 2 heteroatoms. The van der Waals surface area contributed by atoms with Crippen molar-refractivity contribution in [1.82, 2.24) is 10.2 Å². The van der Waals surface area contributed by atoms with Crippen LogP contribution in [0.15, 0.2) is 0 Å². The van der Waals surface area contributed by atoms with E-state index in [1.165, 1.54) is 38.9 Å². The van der Waals surface area contributed by atoms with Crippen LogP contribution in [-0.2, 0) is 0 Å². The molecule has 0 aromatic heterocycles. The van der Waals surface area contributed by atoms with Crippen LogP contribution in [-0.4, -0.2) is 31.2 Å². The Morgan fingerprint density at radius 2 is 2.30 bits per heavy atom. The Labute approximate surface area is 63.6 Å². The quantitative estimate of drug-likeness (QED) is 0.619. The lowest BCUT2D eigenvalue weighted by Gasteiger charge is -2.18. The Morgan fingerprint density at radius 3 is 3.10 bits per heavy atom. The highest BCUT2D eigenvalue weighted by Crippen LogP contribution is 1.98. The van der Waals surface area contributed by atoms with Gasteiger partial charge < -0.3 is 5.32 Å². The summed E-state index contributed by atoms with van der Waals surface area (Å²) in [6, 6.07) is 0. The second-order valence-corrected chi connectivity index (χ2v) is 2.98. The Morgan fingerprint density at radius 1 is 1.40 bits per heavy atom. The molecule has 1 fully saturated rings. The van der Waals surface area contributed by atoms with Gasteiger partial charge in [-0.1, -0.05) is 6.92 Å². The van der Waals surface area contributed by atoms with Crippen molar-refractivity contribution < 1.29 is 0 Å². The van der Waals surface area contributed by atoms with Gasteiger partial charge in [-0.2, -0.15) is 0 Å². The molecule has 0 saturated carbocycles. The third kappa shape index (κ3) is 2.67. The van der Waals surface area contributed by atoms with Crippen molar-refractivity contribution in [2.75, 3.05) is 26.3 Å². The van der Waals surface area contributed by atoms with Crippen LogP contribution >= 0.6 is 0 Å². The van der Waals surface area contributed by atoms with Crippen LogP contribution in [0.4, 0.5) is 0 Å². The predicted molar refractivity (Wildman–Crippen MR) is 44.0 cm³/mol. The first-order chi connectivity index (χ1) is 4.93. The zero-order valence-electron chi connectivity index (χ0n) is 6.90. The van der Waals surface area contributed by atoms with Crippen LogP contribution < -0.4 is 5.32 Å². The van der Waals surface area contributed by atoms with Gasteiger partial charge in [0.05, 0.1) is 0 Å². The Hall–Kier alpha value is -0.0800. The Kier molecular flexibility index (Phi) is 3.76. The molecule has 1 heterocycles. The molecule has 1 saturated heterocycles. The number of rotatable bonds is 2. The van der Waals surface area contributed by atoms with Crippen LogP contribution in [0.5, 0.6) is 0 Å². The largest absolute Gasteiger partial charge is 0.304 e. The minimum Gasteiger partial charge on any atom is -0.304 e. The summed E-state index contributed by atoms with van der Waals surface area (Å²) in [6.07, 6.45) is 3.99. The van der Waals surface area contributed by atoms with Crippen molar-refractivity contribution in [2.45, 2.75) is 26.2 Å². The highest BCUT2D eigenvalue weighted by atomic mass is 15.2. The van der Waals surface area contributed by atoms with E-state index >= 15 is 0 Å². The van der Waals surface area contributed by atoms with E-state index in [-0.39, 0.29) is 0 Å². The summed E-state index contributed by atoms with van der Waals surface area (Å²) in [6.45, 7) is 7.10. The number of hydrogen-bond acceptors (Lipinski definition) is 2. The minimum absolute atomic E-state index is 1.10. The van der Waals surface area contributed by atoms with E-state index in [9.17, 15) is 0 Å². The maximum atomic E-state index is 3.41. The molecule has 0 atom stereocenters. The molecule has 0 bridgehead atoms. The molecule has 1 N–H and O–H groups in total. The first-order valence-corrected chi connectivity index (χ1v) is 4.36. The molecule has 0 amide bonds.